The van der Waals surface area contributed by atoms with Crippen molar-refractivity contribution in [1.82, 2.24) is 5.32 Å². The predicted molar refractivity (Wildman–Crippen MR) is 57.5 cm³/mol. The Morgan fingerprint density at radius 2 is 2.33 bits per heavy atom. The highest BCUT2D eigenvalue weighted by Crippen LogP contribution is 2.33. The normalized spacial score (nSPS) is 17.5. The van der Waals surface area contributed by atoms with Gasteiger partial charge in [0.15, 0.2) is 0 Å². The lowest BCUT2D eigenvalue weighted by molar-refractivity contribution is -0.123. The minimum absolute atomic E-state index is 0.0359. The van der Waals surface area contributed by atoms with E-state index >= 15 is 0 Å². The van der Waals surface area contributed by atoms with E-state index in [1.807, 2.05) is 6.92 Å². The van der Waals surface area contributed by atoms with E-state index in [1.54, 1.807) is 0 Å². The largest absolute Gasteiger partial charge is 0.396 e. The second-order valence-electron chi connectivity index (χ2n) is 3.97. The fourth-order valence-electron chi connectivity index (χ4n) is 1.65. The van der Waals surface area contributed by atoms with Crippen molar-refractivity contribution in [1.29, 1.82) is 0 Å². The van der Waals surface area contributed by atoms with Crippen LogP contribution >= 0.6 is 0 Å². The van der Waals surface area contributed by atoms with Gasteiger partial charge >= 0.3 is 0 Å². The molecule has 1 fully saturated rings. The van der Waals surface area contributed by atoms with Gasteiger partial charge < -0.3 is 15.2 Å². The Balaban J connectivity index is 2.15. The number of hydrogen-bond donors (Lipinski definition) is 2. The van der Waals surface area contributed by atoms with E-state index in [0.717, 1.165) is 0 Å². The van der Waals surface area contributed by atoms with E-state index in [-0.39, 0.29) is 18.6 Å². The lowest BCUT2D eigenvalue weighted by atomic mass is 10.1. The van der Waals surface area contributed by atoms with Gasteiger partial charge in [-0.25, -0.2) is 0 Å². The molecule has 88 valence electrons. The molecule has 1 aliphatic carbocycles. The molecule has 0 spiro atoms. The molecule has 0 aromatic carbocycles. The Hall–Kier alpha value is -0.610. The maximum atomic E-state index is 11.5. The monoisotopic (exact) mass is 215 g/mol. The van der Waals surface area contributed by atoms with Crippen LogP contribution in [-0.4, -0.2) is 36.9 Å². The number of carbonyl (C=O) groups excluding carboxylic acids is 1. The van der Waals surface area contributed by atoms with Crippen molar-refractivity contribution in [2.24, 2.45) is 5.92 Å². The smallest absolute Gasteiger partial charge is 0.222 e. The molecule has 0 bridgehead atoms. The molecule has 1 atom stereocenters. The van der Waals surface area contributed by atoms with E-state index in [0.29, 0.717) is 32.0 Å². The number of rotatable bonds is 8. The summed E-state index contributed by atoms with van der Waals surface area (Å²) < 4.78 is 5.11. The summed E-state index contributed by atoms with van der Waals surface area (Å²) in [4.78, 5) is 11.5. The van der Waals surface area contributed by atoms with Crippen LogP contribution < -0.4 is 5.32 Å². The Morgan fingerprint density at radius 1 is 1.60 bits per heavy atom. The zero-order valence-corrected chi connectivity index (χ0v) is 9.37. The summed E-state index contributed by atoms with van der Waals surface area (Å²) in [5.41, 5.74) is 0. The quantitative estimate of drug-likeness (QED) is 0.586. The van der Waals surface area contributed by atoms with Gasteiger partial charge in [-0.15, -0.1) is 0 Å². The van der Waals surface area contributed by atoms with Crippen molar-refractivity contribution in [2.45, 2.75) is 38.6 Å². The average molecular weight is 215 g/mol. The van der Waals surface area contributed by atoms with Gasteiger partial charge in [-0.1, -0.05) is 0 Å². The summed E-state index contributed by atoms with van der Waals surface area (Å²) in [5, 5.41) is 11.8. The highest BCUT2D eigenvalue weighted by Gasteiger charge is 2.31. The van der Waals surface area contributed by atoms with Crippen LogP contribution in [0.5, 0.6) is 0 Å². The van der Waals surface area contributed by atoms with Crippen LogP contribution in [0.1, 0.15) is 32.6 Å². The highest BCUT2D eigenvalue weighted by atomic mass is 16.5. The Bertz CT molecular complexity index is 192. The van der Waals surface area contributed by atoms with E-state index < -0.39 is 0 Å². The van der Waals surface area contributed by atoms with Crippen LogP contribution in [0.4, 0.5) is 0 Å². The Labute approximate surface area is 91.0 Å². The van der Waals surface area contributed by atoms with E-state index in [4.69, 9.17) is 9.84 Å². The lowest BCUT2D eigenvalue weighted by Gasteiger charge is -2.16. The first-order valence-corrected chi connectivity index (χ1v) is 5.76. The number of aliphatic hydroxyl groups is 1. The van der Waals surface area contributed by atoms with E-state index in [9.17, 15) is 4.79 Å². The molecular formula is C11H21NO3. The van der Waals surface area contributed by atoms with Crippen LogP contribution in [-0.2, 0) is 9.53 Å². The average Bonchev–Trinajstić information content (AvgIpc) is 3.01. The topological polar surface area (TPSA) is 58.6 Å². The molecule has 0 aromatic heterocycles. The first-order valence-electron chi connectivity index (χ1n) is 5.76. The number of hydrogen-bond acceptors (Lipinski definition) is 3. The molecule has 1 unspecified atom stereocenters. The van der Waals surface area contributed by atoms with Crippen LogP contribution in [0, 0.1) is 5.92 Å². The molecule has 15 heavy (non-hydrogen) atoms. The summed E-state index contributed by atoms with van der Waals surface area (Å²) in [5.74, 6) is 0.627. The molecular weight excluding hydrogens is 194 g/mol. The second-order valence-corrected chi connectivity index (χ2v) is 3.97. The van der Waals surface area contributed by atoms with Crippen molar-refractivity contribution in [3.63, 3.8) is 0 Å². The van der Waals surface area contributed by atoms with Gasteiger partial charge in [-0.3, -0.25) is 4.79 Å². The third-order valence-electron chi connectivity index (χ3n) is 2.66. The molecule has 1 saturated carbocycles. The summed E-state index contributed by atoms with van der Waals surface area (Å²) in [6.07, 6.45) is 3.44. The molecule has 0 aromatic rings. The Kier molecular flexibility index (Phi) is 5.65. The molecule has 0 aliphatic heterocycles. The molecule has 2 N–H and O–H groups in total. The van der Waals surface area contributed by atoms with E-state index in [2.05, 4.69) is 5.32 Å². The number of amides is 1. The van der Waals surface area contributed by atoms with Gasteiger partial charge in [0.2, 0.25) is 5.91 Å². The SMILES string of the molecule is CCOCCC(=O)NC(CCO)C1CC1. The van der Waals surface area contributed by atoms with E-state index in [1.165, 1.54) is 12.8 Å². The molecule has 0 heterocycles. The zero-order valence-electron chi connectivity index (χ0n) is 9.37. The molecule has 0 radical (unpaired) electrons. The van der Waals surface area contributed by atoms with Crippen LogP contribution in [0.3, 0.4) is 0 Å². The minimum atomic E-state index is 0.0359. The van der Waals surface area contributed by atoms with Crippen molar-refractivity contribution in [2.75, 3.05) is 19.8 Å². The summed E-state index contributed by atoms with van der Waals surface area (Å²) in [7, 11) is 0. The van der Waals surface area contributed by atoms with Crippen molar-refractivity contribution < 1.29 is 14.6 Å². The first-order chi connectivity index (χ1) is 7.27. The van der Waals surface area contributed by atoms with Gasteiger partial charge in [0.1, 0.15) is 0 Å². The number of nitrogens with one attached hydrogen (secondary N) is 1. The van der Waals surface area contributed by atoms with Gasteiger partial charge in [-0.05, 0) is 32.1 Å². The summed E-state index contributed by atoms with van der Waals surface area (Å²) >= 11 is 0. The predicted octanol–water partition coefficient (Wildman–Crippen LogP) is 0.690. The second kappa shape index (κ2) is 6.80. The van der Waals surface area contributed by atoms with Gasteiger partial charge in [-0.2, -0.15) is 0 Å². The lowest BCUT2D eigenvalue weighted by Crippen LogP contribution is -2.37. The fraction of sp³-hybridized carbons (Fsp3) is 0.909. The first kappa shape index (κ1) is 12.5. The zero-order chi connectivity index (χ0) is 11.1. The maximum Gasteiger partial charge on any atom is 0.222 e. The number of ether oxygens (including phenoxy) is 1. The molecule has 1 aliphatic rings. The molecule has 4 heteroatoms. The molecule has 0 saturated heterocycles. The highest BCUT2D eigenvalue weighted by molar-refractivity contribution is 5.76. The van der Waals surface area contributed by atoms with Gasteiger partial charge in [0.25, 0.3) is 0 Å². The molecule has 1 amide bonds. The maximum absolute atomic E-state index is 11.5. The fourth-order valence-corrected chi connectivity index (χ4v) is 1.65. The van der Waals surface area contributed by atoms with Crippen LogP contribution in [0.25, 0.3) is 0 Å². The summed E-state index contributed by atoms with van der Waals surface area (Å²) in [6, 6.07) is 0.170. The van der Waals surface area contributed by atoms with Gasteiger partial charge in [0.05, 0.1) is 6.61 Å². The third-order valence-corrected chi connectivity index (χ3v) is 2.66. The van der Waals surface area contributed by atoms with Crippen LogP contribution in [0.15, 0.2) is 0 Å². The molecule has 4 nitrogen and oxygen atoms in total. The van der Waals surface area contributed by atoms with Crippen LogP contribution in [0.2, 0.25) is 0 Å². The standard InChI is InChI=1S/C11H21NO3/c1-2-15-8-6-11(14)12-10(5-7-13)9-3-4-9/h9-10,13H,2-8H2,1H3,(H,12,14). The summed E-state index contributed by atoms with van der Waals surface area (Å²) in [6.45, 7) is 3.19. The van der Waals surface area contributed by atoms with Gasteiger partial charge in [0, 0.05) is 25.7 Å². The van der Waals surface area contributed by atoms with Crippen molar-refractivity contribution >= 4 is 5.91 Å². The van der Waals surface area contributed by atoms with Crippen molar-refractivity contribution in [3.8, 4) is 0 Å². The van der Waals surface area contributed by atoms with Crippen molar-refractivity contribution in [3.05, 3.63) is 0 Å². The third kappa shape index (κ3) is 5.14. The minimum Gasteiger partial charge on any atom is -0.396 e. The number of carbonyl (C=O) groups is 1. The molecule has 1 rings (SSSR count). The Morgan fingerprint density at radius 3 is 2.87 bits per heavy atom. The number of aliphatic hydroxyl groups excluding tert-OH is 1.